The molecule has 80 valence electrons. The fraction of sp³-hybridized carbons (Fsp3) is 0.909. The first kappa shape index (κ1) is 9.97. The average molecular weight is 196 g/mol. The second-order valence-electron chi connectivity index (χ2n) is 5.10. The van der Waals surface area contributed by atoms with Crippen LogP contribution in [0.1, 0.15) is 39.0 Å². The van der Waals surface area contributed by atoms with E-state index in [2.05, 4.69) is 17.6 Å². The number of carbonyl (C=O) groups is 1. The lowest BCUT2D eigenvalue weighted by Crippen LogP contribution is -2.42. The molecule has 1 atom stereocenters. The lowest BCUT2D eigenvalue weighted by Gasteiger charge is -2.38. The Kier molecular flexibility index (Phi) is 2.77. The topological polar surface area (TPSA) is 41.1 Å². The normalized spacial score (nSPS) is 29.8. The highest BCUT2D eigenvalue weighted by molar-refractivity contribution is 5.78. The molecule has 0 spiro atoms. The van der Waals surface area contributed by atoms with E-state index >= 15 is 0 Å². The van der Waals surface area contributed by atoms with E-state index in [0.29, 0.717) is 17.9 Å². The summed E-state index contributed by atoms with van der Waals surface area (Å²) in [4.78, 5) is 10.9. The van der Waals surface area contributed by atoms with Crippen molar-refractivity contribution in [2.45, 2.75) is 45.1 Å². The zero-order valence-corrected chi connectivity index (χ0v) is 8.94. The van der Waals surface area contributed by atoms with Gasteiger partial charge in [-0.2, -0.15) is 0 Å². The molecule has 1 saturated carbocycles. The molecule has 2 N–H and O–H groups in total. The largest absolute Gasteiger partial charge is 0.352 e. The molecule has 1 heterocycles. The summed E-state index contributed by atoms with van der Waals surface area (Å²) in [5.74, 6) is 0.214. The van der Waals surface area contributed by atoms with Gasteiger partial charge in [0.05, 0.1) is 0 Å². The second kappa shape index (κ2) is 3.89. The van der Waals surface area contributed by atoms with Crippen LogP contribution in [0.15, 0.2) is 0 Å². The summed E-state index contributed by atoms with van der Waals surface area (Å²) in [6.07, 6.45) is 5.82. The highest BCUT2D eigenvalue weighted by Gasteiger charge is 2.31. The average Bonchev–Trinajstić information content (AvgIpc) is 2.49. The van der Waals surface area contributed by atoms with Crippen molar-refractivity contribution in [2.75, 3.05) is 13.1 Å². The number of carbonyl (C=O) groups excluding carboxylic acids is 1. The second-order valence-corrected chi connectivity index (χ2v) is 5.10. The molecule has 0 radical (unpaired) electrons. The first-order valence-corrected chi connectivity index (χ1v) is 5.68. The highest BCUT2D eigenvalue weighted by atomic mass is 16.1. The Morgan fingerprint density at radius 2 is 2.36 bits per heavy atom. The van der Waals surface area contributed by atoms with Gasteiger partial charge in [-0.25, -0.2) is 0 Å². The highest BCUT2D eigenvalue weighted by Crippen LogP contribution is 2.39. The molecular formula is C11H20N2O. The minimum absolute atomic E-state index is 0.214. The Bertz CT molecular complexity index is 223. The molecule has 0 aromatic heterocycles. The van der Waals surface area contributed by atoms with Gasteiger partial charge < -0.3 is 10.6 Å². The molecule has 14 heavy (non-hydrogen) atoms. The third kappa shape index (κ3) is 2.27. The molecule has 1 unspecified atom stereocenters. The van der Waals surface area contributed by atoms with Crippen LogP contribution in [-0.4, -0.2) is 25.0 Å². The summed E-state index contributed by atoms with van der Waals surface area (Å²) < 4.78 is 0. The molecule has 0 bridgehead atoms. The van der Waals surface area contributed by atoms with E-state index < -0.39 is 0 Å². The first-order chi connectivity index (χ1) is 6.68. The molecule has 1 amide bonds. The first-order valence-electron chi connectivity index (χ1n) is 5.68. The van der Waals surface area contributed by atoms with Crippen molar-refractivity contribution in [1.82, 2.24) is 10.6 Å². The Morgan fingerprint density at radius 1 is 1.57 bits per heavy atom. The molecule has 1 aliphatic heterocycles. The maximum Gasteiger partial charge on any atom is 0.220 e. The van der Waals surface area contributed by atoms with Crippen molar-refractivity contribution in [3.63, 3.8) is 0 Å². The molecule has 2 fully saturated rings. The molecule has 3 heteroatoms. The lowest BCUT2D eigenvalue weighted by atomic mass is 9.70. The van der Waals surface area contributed by atoms with Crippen LogP contribution in [0.25, 0.3) is 0 Å². The van der Waals surface area contributed by atoms with Crippen molar-refractivity contribution < 1.29 is 4.79 Å². The fourth-order valence-electron chi connectivity index (χ4n) is 2.34. The van der Waals surface area contributed by atoms with E-state index in [1.54, 1.807) is 0 Å². The summed E-state index contributed by atoms with van der Waals surface area (Å²) in [5.41, 5.74) is 0.544. The van der Waals surface area contributed by atoms with Gasteiger partial charge in [-0.3, -0.25) is 4.79 Å². The zero-order chi connectivity index (χ0) is 10.0. The van der Waals surface area contributed by atoms with Crippen molar-refractivity contribution in [3.05, 3.63) is 0 Å². The zero-order valence-electron chi connectivity index (χ0n) is 8.94. The van der Waals surface area contributed by atoms with Crippen molar-refractivity contribution in [1.29, 1.82) is 0 Å². The minimum Gasteiger partial charge on any atom is -0.352 e. The number of amides is 1. The van der Waals surface area contributed by atoms with Gasteiger partial charge in [-0.15, -0.1) is 0 Å². The molecule has 0 aromatic rings. The number of rotatable bonds is 4. The van der Waals surface area contributed by atoms with Crippen LogP contribution in [-0.2, 0) is 4.79 Å². The molecule has 2 aliphatic rings. The van der Waals surface area contributed by atoms with Crippen LogP contribution in [0.3, 0.4) is 0 Å². The van der Waals surface area contributed by atoms with Gasteiger partial charge >= 0.3 is 0 Å². The van der Waals surface area contributed by atoms with Crippen LogP contribution in [0.5, 0.6) is 0 Å². The Balaban J connectivity index is 1.61. The molecule has 3 nitrogen and oxygen atoms in total. The van der Waals surface area contributed by atoms with Crippen LogP contribution >= 0.6 is 0 Å². The van der Waals surface area contributed by atoms with Gasteiger partial charge in [0.15, 0.2) is 0 Å². The maximum absolute atomic E-state index is 10.9. The van der Waals surface area contributed by atoms with Gasteiger partial charge in [0.25, 0.3) is 0 Å². The number of hydrogen-bond acceptors (Lipinski definition) is 2. The van der Waals surface area contributed by atoms with E-state index in [9.17, 15) is 4.79 Å². The lowest BCUT2D eigenvalue weighted by molar-refractivity contribution is -0.119. The van der Waals surface area contributed by atoms with Crippen LogP contribution in [0, 0.1) is 5.41 Å². The standard InChI is InChI=1S/C11H20N2O/c1-11(5-2-6-11)8-12-7-9-3-4-10(14)13-9/h9,12H,2-8H2,1H3,(H,13,14). The van der Waals surface area contributed by atoms with Gasteiger partial charge in [0.2, 0.25) is 5.91 Å². The quantitative estimate of drug-likeness (QED) is 0.705. The monoisotopic (exact) mass is 196 g/mol. The predicted molar refractivity (Wildman–Crippen MR) is 56.0 cm³/mol. The summed E-state index contributed by atoms with van der Waals surface area (Å²) in [5, 5.41) is 6.45. The summed E-state index contributed by atoms with van der Waals surface area (Å²) >= 11 is 0. The van der Waals surface area contributed by atoms with Crippen LogP contribution in [0.4, 0.5) is 0 Å². The molecule has 1 saturated heterocycles. The fourth-order valence-corrected chi connectivity index (χ4v) is 2.34. The van der Waals surface area contributed by atoms with E-state index in [0.717, 1.165) is 19.5 Å². The third-order valence-corrected chi connectivity index (χ3v) is 3.59. The summed E-state index contributed by atoms with van der Waals surface area (Å²) in [6.45, 7) is 4.40. The molecule has 0 aromatic carbocycles. The van der Waals surface area contributed by atoms with E-state index in [-0.39, 0.29) is 5.91 Å². The summed E-state index contributed by atoms with van der Waals surface area (Å²) in [7, 11) is 0. The van der Waals surface area contributed by atoms with Crippen molar-refractivity contribution in [3.8, 4) is 0 Å². The van der Waals surface area contributed by atoms with Gasteiger partial charge in [0, 0.05) is 25.6 Å². The van der Waals surface area contributed by atoms with Gasteiger partial charge in [-0.05, 0) is 24.7 Å². The minimum atomic E-state index is 0.214. The van der Waals surface area contributed by atoms with Crippen LogP contribution in [0.2, 0.25) is 0 Å². The van der Waals surface area contributed by atoms with E-state index in [1.807, 2.05) is 0 Å². The van der Waals surface area contributed by atoms with Crippen molar-refractivity contribution >= 4 is 5.91 Å². The van der Waals surface area contributed by atoms with Crippen molar-refractivity contribution in [2.24, 2.45) is 5.41 Å². The van der Waals surface area contributed by atoms with Gasteiger partial charge in [-0.1, -0.05) is 13.3 Å². The smallest absolute Gasteiger partial charge is 0.220 e. The maximum atomic E-state index is 10.9. The third-order valence-electron chi connectivity index (χ3n) is 3.59. The Morgan fingerprint density at radius 3 is 2.86 bits per heavy atom. The van der Waals surface area contributed by atoms with E-state index in [4.69, 9.17) is 0 Å². The van der Waals surface area contributed by atoms with E-state index in [1.165, 1.54) is 19.3 Å². The molecule has 1 aliphatic carbocycles. The Labute approximate surface area is 85.6 Å². The Hall–Kier alpha value is -0.570. The summed E-state index contributed by atoms with van der Waals surface area (Å²) in [6, 6.07) is 0.381. The number of hydrogen-bond donors (Lipinski definition) is 2. The van der Waals surface area contributed by atoms with Crippen LogP contribution < -0.4 is 10.6 Å². The predicted octanol–water partition coefficient (Wildman–Crippen LogP) is 1.04. The van der Waals surface area contributed by atoms with Gasteiger partial charge in [0.1, 0.15) is 0 Å². The number of nitrogens with one attached hydrogen (secondary N) is 2. The molecular weight excluding hydrogens is 176 g/mol. The molecule has 2 rings (SSSR count). The SMILES string of the molecule is CC1(CNCC2CCC(=O)N2)CCC1.